The van der Waals surface area contributed by atoms with Gasteiger partial charge in [-0.1, -0.05) is 15.9 Å². The Labute approximate surface area is 103 Å². The van der Waals surface area contributed by atoms with Gasteiger partial charge in [-0.15, -0.1) is 0 Å². The Morgan fingerprint density at radius 1 is 1.50 bits per heavy atom. The summed E-state index contributed by atoms with van der Waals surface area (Å²) in [5.74, 6) is 1.07. The Balaban J connectivity index is 2.53. The zero-order chi connectivity index (χ0) is 11.7. The van der Waals surface area contributed by atoms with Crippen molar-refractivity contribution in [2.45, 2.75) is 19.9 Å². The van der Waals surface area contributed by atoms with Crippen molar-refractivity contribution in [3.63, 3.8) is 0 Å². The highest BCUT2D eigenvalue weighted by molar-refractivity contribution is 9.09. The summed E-state index contributed by atoms with van der Waals surface area (Å²) < 4.78 is 1.87. The third-order valence-corrected chi connectivity index (χ3v) is 3.69. The van der Waals surface area contributed by atoms with E-state index in [-0.39, 0.29) is 0 Å². The quantitative estimate of drug-likeness (QED) is 0.810. The maximum absolute atomic E-state index is 4.25. The van der Waals surface area contributed by atoms with Crippen molar-refractivity contribution in [2.24, 2.45) is 0 Å². The molecule has 0 saturated heterocycles. The van der Waals surface area contributed by atoms with E-state index in [1.54, 1.807) is 6.33 Å². The van der Waals surface area contributed by atoms with E-state index in [1.165, 1.54) is 5.56 Å². The van der Waals surface area contributed by atoms with Crippen molar-refractivity contribution in [2.75, 3.05) is 17.3 Å². The molecule has 0 aromatic carbocycles. The van der Waals surface area contributed by atoms with E-state index in [2.05, 4.69) is 57.9 Å². The molecule has 5 heteroatoms. The van der Waals surface area contributed by atoms with Crippen LogP contribution in [-0.4, -0.2) is 33.0 Å². The molecule has 2 heterocycles. The van der Waals surface area contributed by atoms with Crippen LogP contribution in [0, 0.1) is 6.92 Å². The van der Waals surface area contributed by atoms with Gasteiger partial charge in [0.25, 0.3) is 0 Å². The van der Waals surface area contributed by atoms with Crippen LogP contribution in [0.2, 0.25) is 0 Å². The summed E-state index contributed by atoms with van der Waals surface area (Å²) in [7, 11) is 2.07. The maximum atomic E-state index is 4.25. The Morgan fingerprint density at radius 2 is 2.25 bits per heavy atom. The first kappa shape index (κ1) is 11.4. The number of aryl methyl sites for hydroxylation is 1. The molecule has 0 aliphatic heterocycles. The average Bonchev–Trinajstić information content (AvgIpc) is 2.73. The van der Waals surface area contributed by atoms with Gasteiger partial charge in [0, 0.05) is 18.4 Å². The Bertz CT molecular complexity index is 494. The lowest BCUT2D eigenvalue weighted by atomic mass is 10.2. The maximum Gasteiger partial charge on any atom is 0.157 e. The van der Waals surface area contributed by atoms with Gasteiger partial charge in [0.1, 0.15) is 12.1 Å². The highest BCUT2D eigenvalue weighted by Crippen LogP contribution is 2.19. The number of pyridine rings is 1. The van der Waals surface area contributed by atoms with Gasteiger partial charge in [0.2, 0.25) is 0 Å². The van der Waals surface area contributed by atoms with E-state index < -0.39 is 0 Å². The van der Waals surface area contributed by atoms with Crippen molar-refractivity contribution in [3.05, 3.63) is 24.0 Å². The van der Waals surface area contributed by atoms with E-state index in [1.807, 2.05) is 10.6 Å². The fourth-order valence-corrected chi connectivity index (χ4v) is 2.05. The van der Waals surface area contributed by atoms with Crippen LogP contribution in [0.15, 0.2) is 18.5 Å². The highest BCUT2D eigenvalue weighted by Gasteiger charge is 2.13. The molecule has 0 fully saturated rings. The summed E-state index contributed by atoms with van der Waals surface area (Å²) in [5.41, 5.74) is 2.09. The minimum Gasteiger partial charge on any atom is -0.356 e. The number of hydrogen-bond donors (Lipinski definition) is 0. The van der Waals surface area contributed by atoms with Gasteiger partial charge in [-0.2, -0.15) is 9.61 Å². The summed E-state index contributed by atoms with van der Waals surface area (Å²) in [4.78, 5) is 6.42. The monoisotopic (exact) mass is 282 g/mol. The lowest BCUT2D eigenvalue weighted by molar-refractivity contribution is 0.736. The molecule has 0 saturated carbocycles. The number of aromatic nitrogens is 3. The van der Waals surface area contributed by atoms with Crippen LogP contribution in [0.25, 0.3) is 5.65 Å². The van der Waals surface area contributed by atoms with Crippen LogP contribution in [0.5, 0.6) is 0 Å². The van der Waals surface area contributed by atoms with Crippen LogP contribution in [0.4, 0.5) is 5.82 Å². The van der Waals surface area contributed by atoms with Gasteiger partial charge >= 0.3 is 0 Å². The lowest BCUT2D eigenvalue weighted by Gasteiger charge is -2.25. The molecule has 86 valence electrons. The molecule has 4 nitrogen and oxygen atoms in total. The first-order chi connectivity index (χ1) is 7.63. The number of fused-ring (bicyclic) bond motifs is 1. The fraction of sp³-hybridized carbons (Fsp3) is 0.455. The predicted octanol–water partition coefficient (Wildman–Crippen LogP) is 2.26. The smallest absolute Gasteiger partial charge is 0.157 e. The van der Waals surface area contributed by atoms with Crippen LogP contribution >= 0.6 is 15.9 Å². The highest BCUT2D eigenvalue weighted by atomic mass is 79.9. The van der Waals surface area contributed by atoms with E-state index in [0.29, 0.717) is 6.04 Å². The second-order valence-electron chi connectivity index (χ2n) is 4.04. The van der Waals surface area contributed by atoms with Crippen molar-refractivity contribution in [1.29, 1.82) is 0 Å². The molecule has 1 atom stereocenters. The van der Waals surface area contributed by atoms with Crippen molar-refractivity contribution in [3.8, 4) is 0 Å². The molecule has 2 aromatic heterocycles. The molecule has 0 radical (unpaired) electrons. The van der Waals surface area contributed by atoms with Crippen LogP contribution in [-0.2, 0) is 0 Å². The average molecular weight is 283 g/mol. The second-order valence-corrected chi connectivity index (χ2v) is 4.68. The molecular formula is C11H15BrN4. The van der Waals surface area contributed by atoms with Crippen molar-refractivity contribution >= 4 is 27.4 Å². The number of alkyl halides is 1. The van der Waals surface area contributed by atoms with Gasteiger partial charge in [0.15, 0.2) is 5.65 Å². The molecule has 2 rings (SSSR count). The number of halogens is 1. The SMILES string of the molecule is Cc1cc(N(C)C(C)CBr)n2ncnc2c1. The van der Waals surface area contributed by atoms with Gasteiger partial charge < -0.3 is 4.90 Å². The lowest BCUT2D eigenvalue weighted by Crippen LogP contribution is -2.31. The van der Waals surface area contributed by atoms with Crippen LogP contribution in [0.3, 0.4) is 0 Å². The zero-order valence-electron chi connectivity index (χ0n) is 9.68. The van der Waals surface area contributed by atoms with Crippen molar-refractivity contribution < 1.29 is 0 Å². The van der Waals surface area contributed by atoms with Crippen molar-refractivity contribution in [1.82, 2.24) is 14.6 Å². The van der Waals surface area contributed by atoms with E-state index in [0.717, 1.165) is 16.8 Å². The summed E-state index contributed by atoms with van der Waals surface area (Å²) >= 11 is 3.50. The minimum absolute atomic E-state index is 0.411. The molecule has 2 aromatic rings. The first-order valence-corrected chi connectivity index (χ1v) is 6.35. The number of anilines is 1. The molecule has 0 aliphatic carbocycles. The zero-order valence-corrected chi connectivity index (χ0v) is 11.3. The summed E-state index contributed by atoms with van der Waals surface area (Å²) in [6.07, 6.45) is 1.59. The van der Waals surface area contributed by atoms with Crippen LogP contribution in [0.1, 0.15) is 12.5 Å². The fourth-order valence-electron chi connectivity index (χ4n) is 1.62. The molecule has 0 spiro atoms. The van der Waals surface area contributed by atoms with Gasteiger partial charge in [-0.25, -0.2) is 4.98 Å². The molecule has 1 unspecified atom stereocenters. The standard InChI is InChI=1S/C11H15BrN4/c1-8-4-10-13-7-14-16(10)11(5-8)15(3)9(2)6-12/h4-5,7,9H,6H2,1-3H3. The third kappa shape index (κ3) is 1.91. The molecular weight excluding hydrogens is 268 g/mol. The van der Waals surface area contributed by atoms with Gasteiger partial charge in [0.05, 0.1) is 0 Å². The van der Waals surface area contributed by atoms with E-state index in [9.17, 15) is 0 Å². The van der Waals surface area contributed by atoms with Gasteiger partial charge in [-0.3, -0.25) is 0 Å². The molecule has 0 aliphatic rings. The minimum atomic E-state index is 0.411. The van der Waals surface area contributed by atoms with E-state index in [4.69, 9.17) is 0 Å². The Morgan fingerprint density at radius 3 is 2.94 bits per heavy atom. The number of rotatable bonds is 3. The van der Waals surface area contributed by atoms with Crippen LogP contribution < -0.4 is 4.90 Å². The number of hydrogen-bond acceptors (Lipinski definition) is 3. The molecule has 0 amide bonds. The summed E-state index contributed by atoms with van der Waals surface area (Å²) in [5, 5.41) is 5.17. The largest absolute Gasteiger partial charge is 0.356 e. The topological polar surface area (TPSA) is 33.4 Å². The third-order valence-electron chi connectivity index (χ3n) is 2.75. The Hall–Kier alpha value is -1.10. The molecule has 0 bridgehead atoms. The molecule has 16 heavy (non-hydrogen) atoms. The van der Waals surface area contributed by atoms with Gasteiger partial charge in [-0.05, 0) is 31.5 Å². The summed E-state index contributed by atoms with van der Waals surface area (Å²) in [6.45, 7) is 4.24. The normalized spacial score (nSPS) is 13.0. The Kier molecular flexibility index (Phi) is 3.14. The first-order valence-electron chi connectivity index (χ1n) is 5.22. The summed E-state index contributed by atoms with van der Waals surface area (Å²) in [6, 6.07) is 4.57. The predicted molar refractivity (Wildman–Crippen MR) is 69.4 cm³/mol. The van der Waals surface area contributed by atoms with E-state index >= 15 is 0 Å². The second kappa shape index (κ2) is 4.41. The number of nitrogens with zero attached hydrogens (tertiary/aromatic N) is 4. The molecule has 0 N–H and O–H groups in total.